The van der Waals surface area contributed by atoms with Crippen molar-refractivity contribution in [2.24, 2.45) is 0 Å². The van der Waals surface area contributed by atoms with Crippen LogP contribution in [0.25, 0.3) is 10.1 Å². The fraction of sp³-hybridized carbons (Fsp3) is 0.400. The molecule has 0 saturated carbocycles. The summed E-state index contributed by atoms with van der Waals surface area (Å²) in [5, 5.41) is 2.14. The van der Waals surface area contributed by atoms with Gasteiger partial charge in [0.1, 0.15) is 4.88 Å². The first-order chi connectivity index (χ1) is 9.58. The van der Waals surface area contributed by atoms with Crippen molar-refractivity contribution in [3.8, 4) is 0 Å². The summed E-state index contributed by atoms with van der Waals surface area (Å²) in [6.07, 6.45) is 3.34. The molecule has 1 aliphatic heterocycles. The molecule has 0 N–H and O–H groups in total. The van der Waals surface area contributed by atoms with Gasteiger partial charge in [-0.25, -0.2) is 0 Å². The molecule has 1 atom stereocenters. The molecule has 0 bridgehead atoms. The van der Waals surface area contributed by atoms with Gasteiger partial charge in [-0.15, -0.1) is 11.3 Å². The molecule has 2 aromatic rings. The Kier molecular flexibility index (Phi) is 3.93. The number of hydrogen-bond donors (Lipinski definition) is 0. The zero-order valence-corrected chi connectivity index (χ0v) is 13.5. The third-order valence-electron chi connectivity index (χ3n) is 3.85. The van der Waals surface area contributed by atoms with Crippen molar-refractivity contribution in [2.75, 3.05) is 6.54 Å². The number of nitrogens with zero attached hydrogens (tertiary/aromatic N) is 1. The van der Waals surface area contributed by atoms with E-state index in [1.807, 2.05) is 17.0 Å². The molecule has 2 heterocycles. The lowest BCUT2D eigenvalue weighted by Gasteiger charge is -2.33. The van der Waals surface area contributed by atoms with Crippen LogP contribution >= 0.6 is 34.5 Å². The van der Waals surface area contributed by atoms with E-state index in [4.69, 9.17) is 23.2 Å². The minimum Gasteiger partial charge on any atom is -0.335 e. The Balaban J connectivity index is 2.01. The van der Waals surface area contributed by atoms with Crippen LogP contribution in [0, 0.1) is 0 Å². The van der Waals surface area contributed by atoms with E-state index >= 15 is 0 Å². The molecular weight excluding hydrogens is 313 g/mol. The van der Waals surface area contributed by atoms with Crippen LogP contribution in [-0.4, -0.2) is 23.4 Å². The molecule has 106 valence electrons. The molecule has 0 spiro atoms. The number of benzene rings is 1. The van der Waals surface area contributed by atoms with Gasteiger partial charge in [-0.3, -0.25) is 4.79 Å². The van der Waals surface area contributed by atoms with Crippen molar-refractivity contribution in [1.29, 1.82) is 0 Å². The fourth-order valence-corrected chi connectivity index (χ4v) is 4.45. The summed E-state index contributed by atoms with van der Waals surface area (Å²) < 4.78 is 0.968. The smallest absolute Gasteiger partial charge is 0.265 e. The lowest BCUT2D eigenvalue weighted by molar-refractivity contribution is 0.0641. The molecular formula is C15H15Cl2NOS. The van der Waals surface area contributed by atoms with Gasteiger partial charge in [0.15, 0.2) is 0 Å². The van der Waals surface area contributed by atoms with E-state index in [0.29, 0.717) is 21.0 Å². The number of hydrogen-bond acceptors (Lipinski definition) is 2. The van der Waals surface area contributed by atoms with E-state index in [0.717, 1.165) is 29.5 Å². The third-order valence-corrected chi connectivity index (χ3v) is 5.73. The Bertz CT molecular complexity index is 667. The van der Waals surface area contributed by atoms with E-state index in [9.17, 15) is 4.79 Å². The van der Waals surface area contributed by atoms with Crippen LogP contribution in [-0.2, 0) is 0 Å². The highest BCUT2D eigenvalue weighted by molar-refractivity contribution is 7.21. The molecule has 1 aromatic heterocycles. The standard InChI is InChI=1S/C15H15Cl2NOS/c1-9-4-2-3-7-18(9)15(19)14-13(17)11-6-5-10(16)8-12(11)20-14/h5-6,8-9H,2-4,7H2,1H3/t9-/m0/s1. The fourth-order valence-electron chi connectivity index (χ4n) is 2.71. The van der Waals surface area contributed by atoms with E-state index in [2.05, 4.69) is 6.92 Å². The van der Waals surface area contributed by atoms with Gasteiger partial charge in [0.05, 0.1) is 5.02 Å². The molecule has 1 saturated heterocycles. The van der Waals surface area contributed by atoms with Crippen molar-refractivity contribution < 1.29 is 4.79 Å². The van der Waals surface area contributed by atoms with Crippen LogP contribution in [0.5, 0.6) is 0 Å². The molecule has 20 heavy (non-hydrogen) atoms. The Morgan fingerprint density at radius 2 is 2.15 bits per heavy atom. The van der Waals surface area contributed by atoms with E-state index in [-0.39, 0.29) is 5.91 Å². The average Bonchev–Trinajstić information content (AvgIpc) is 2.75. The zero-order valence-electron chi connectivity index (χ0n) is 11.2. The van der Waals surface area contributed by atoms with Gasteiger partial charge < -0.3 is 4.90 Å². The summed E-state index contributed by atoms with van der Waals surface area (Å²) in [6.45, 7) is 2.93. The molecule has 5 heteroatoms. The zero-order chi connectivity index (χ0) is 14.3. The van der Waals surface area contributed by atoms with Gasteiger partial charge in [0, 0.05) is 27.7 Å². The molecule has 1 aromatic carbocycles. The van der Waals surface area contributed by atoms with Crippen LogP contribution in [0.2, 0.25) is 10.0 Å². The van der Waals surface area contributed by atoms with Gasteiger partial charge in [-0.1, -0.05) is 29.3 Å². The van der Waals surface area contributed by atoms with Crippen LogP contribution in [0.3, 0.4) is 0 Å². The van der Waals surface area contributed by atoms with Crippen molar-refractivity contribution in [1.82, 2.24) is 4.90 Å². The predicted octanol–water partition coefficient (Wildman–Crippen LogP) is 5.22. The Labute approximate surface area is 132 Å². The molecule has 0 radical (unpaired) electrons. The number of piperidine rings is 1. The van der Waals surface area contributed by atoms with Gasteiger partial charge in [-0.05, 0) is 38.3 Å². The van der Waals surface area contributed by atoms with E-state index in [1.165, 1.54) is 17.8 Å². The van der Waals surface area contributed by atoms with Crippen molar-refractivity contribution >= 4 is 50.5 Å². The number of rotatable bonds is 1. The summed E-state index contributed by atoms with van der Waals surface area (Å²) >= 11 is 13.8. The largest absolute Gasteiger partial charge is 0.335 e. The highest BCUT2D eigenvalue weighted by Crippen LogP contribution is 2.38. The molecule has 1 aliphatic rings. The summed E-state index contributed by atoms with van der Waals surface area (Å²) in [5.74, 6) is 0.0551. The second-order valence-electron chi connectivity index (χ2n) is 5.23. The SMILES string of the molecule is C[C@H]1CCCCN1C(=O)c1sc2cc(Cl)ccc2c1Cl. The normalized spacial score (nSPS) is 19.6. The Hall–Kier alpha value is -0.770. The molecule has 1 amide bonds. The first kappa shape index (κ1) is 14.2. The monoisotopic (exact) mass is 327 g/mol. The highest BCUT2D eigenvalue weighted by atomic mass is 35.5. The minimum absolute atomic E-state index is 0.0551. The third kappa shape index (κ3) is 2.43. The molecule has 0 aliphatic carbocycles. The lowest BCUT2D eigenvalue weighted by atomic mass is 10.0. The number of carbonyl (C=O) groups is 1. The number of amides is 1. The number of fused-ring (bicyclic) bond motifs is 1. The summed E-state index contributed by atoms with van der Waals surface area (Å²) in [4.78, 5) is 15.3. The maximum Gasteiger partial charge on any atom is 0.265 e. The van der Waals surface area contributed by atoms with E-state index in [1.54, 1.807) is 6.07 Å². The Morgan fingerprint density at radius 1 is 1.35 bits per heavy atom. The number of carbonyl (C=O) groups excluding carboxylic acids is 1. The quantitative estimate of drug-likeness (QED) is 0.702. The first-order valence-corrected chi connectivity index (χ1v) is 8.33. The maximum atomic E-state index is 12.7. The van der Waals surface area contributed by atoms with Crippen molar-refractivity contribution in [3.63, 3.8) is 0 Å². The van der Waals surface area contributed by atoms with Crippen molar-refractivity contribution in [2.45, 2.75) is 32.2 Å². The number of likely N-dealkylation sites (tertiary alicyclic amines) is 1. The predicted molar refractivity (Wildman–Crippen MR) is 86.2 cm³/mol. The summed E-state index contributed by atoms with van der Waals surface area (Å²) in [5.41, 5.74) is 0. The van der Waals surface area contributed by atoms with Gasteiger partial charge >= 0.3 is 0 Å². The highest BCUT2D eigenvalue weighted by Gasteiger charge is 2.27. The van der Waals surface area contributed by atoms with E-state index < -0.39 is 0 Å². The summed E-state index contributed by atoms with van der Waals surface area (Å²) in [6, 6.07) is 5.85. The average molecular weight is 328 g/mol. The van der Waals surface area contributed by atoms with Crippen LogP contribution in [0.15, 0.2) is 18.2 Å². The van der Waals surface area contributed by atoms with Gasteiger partial charge in [0.25, 0.3) is 5.91 Å². The van der Waals surface area contributed by atoms with Gasteiger partial charge in [-0.2, -0.15) is 0 Å². The van der Waals surface area contributed by atoms with Crippen LogP contribution in [0.4, 0.5) is 0 Å². The van der Waals surface area contributed by atoms with Crippen LogP contribution < -0.4 is 0 Å². The molecule has 2 nitrogen and oxygen atoms in total. The first-order valence-electron chi connectivity index (χ1n) is 6.76. The maximum absolute atomic E-state index is 12.7. The molecule has 0 unspecified atom stereocenters. The molecule has 1 fully saturated rings. The minimum atomic E-state index is 0.0551. The summed E-state index contributed by atoms with van der Waals surface area (Å²) in [7, 11) is 0. The molecule has 3 rings (SSSR count). The second kappa shape index (κ2) is 5.55. The second-order valence-corrected chi connectivity index (χ2v) is 7.10. The lowest BCUT2D eigenvalue weighted by Crippen LogP contribution is -2.41. The Morgan fingerprint density at radius 3 is 2.90 bits per heavy atom. The topological polar surface area (TPSA) is 20.3 Å². The van der Waals surface area contributed by atoms with Crippen LogP contribution in [0.1, 0.15) is 35.9 Å². The van der Waals surface area contributed by atoms with Gasteiger partial charge in [0.2, 0.25) is 0 Å². The number of halogens is 2. The van der Waals surface area contributed by atoms with Crippen molar-refractivity contribution in [3.05, 3.63) is 33.1 Å². The number of thiophene rings is 1.